The molecule has 7 nitrogen and oxygen atoms in total. The van der Waals surface area contributed by atoms with E-state index in [1.807, 2.05) is 0 Å². The fourth-order valence-corrected chi connectivity index (χ4v) is 1.53. The number of rotatable bonds is 3. The zero-order valence-electron chi connectivity index (χ0n) is 10.5. The summed E-state index contributed by atoms with van der Waals surface area (Å²) in [5, 5.41) is 18.7. The third-order valence-corrected chi connectivity index (χ3v) is 2.67. The minimum Gasteiger partial charge on any atom is -0.507 e. The predicted molar refractivity (Wildman–Crippen MR) is 70.3 cm³/mol. The lowest BCUT2D eigenvalue weighted by Gasteiger charge is -2.07. The van der Waals surface area contributed by atoms with Crippen LogP contribution in [0.4, 0.5) is 11.5 Å². The van der Waals surface area contributed by atoms with Gasteiger partial charge in [-0.05, 0) is 25.1 Å². The molecular formula is C12H14N4O3. The van der Waals surface area contributed by atoms with Gasteiger partial charge in [-0.25, -0.2) is 0 Å². The van der Waals surface area contributed by atoms with Gasteiger partial charge in [-0.1, -0.05) is 0 Å². The Morgan fingerprint density at radius 2 is 2.26 bits per heavy atom. The number of carbonyl (C=O) groups is 1. The SMILES string of the molecule is COc1ccc(O)c(C(=O)Nc2n[nH]c(C)c2N)c1. The maximum Gasteiger partial charge on any atom is 0.260 e. The largest absolute Gasteiger partial charge is 0.507 e. The number of hydrogen-bond acceptors (Lipinski definition) is 5. The highest BCUT2D eigenvalue weighted by Gasteiger charge is 2.16. The van der Waals surface area contributed by atoms with E-state index in [1.165, 1.54) is 19.2 Å². The number of ether oxygens (including phenoxy) is 1. The average Bonchev–Trinajstić information content (AvgIpc) is 2.71. The molecule has 0 fully saturated rings. The number of phenolic OH excluding ortho intramolecular Hbond substituents is 1. The smallest absolute Gasteiger partial charge is 0.260 e. The Morgan fingerprint density at radius 1 is 1.53 bits per heavy atom. The van der Waals surface area contributed by atoms with Gasteiger partial charge in [-0.2, -0.15) is 5.10 Å². The van der Waals surface area contributed by atoms with Crippen molar-refractivity contribution in [2.45, 2.75) is 6.92 Å². The third kappa shape index (κ3) is 2.44. The summed E-state index contributed by atoms with van der Waals surface area (Å²) >= 11 is 0. The molecule has 1 aromatic carbocycles. The van der Waals surface area contributed by atoms with E-state index in [0.717, 1.165) is 0 Å². The van der Waals surface area contributed by atoms with E-state index in [2.05, 4.69) is 15.5 Å². The first kappa shape index (κ1) is 12.7. The van der Waals surface area contributed by atoms with Crippen molar-refractivity contribution in [3.63, 3.8) is 0 Å². The van der Waals surface area contributed by atoms with Gasteiger partial charge in [0.15, 0.2) is 5.82 Å². The Hall–Kier alpha value is -2.70. The molecule has 5 N–H and O–H groups in total. The number of amides is 1. The number of aromatic hydroxyl groups is 1. The molecule has 2 aromatic rings. The van der Waals surface area contributed by atoms with E-state index < -0.39 is 5.91 Å². The standard InChI is InChI=1S/C12H14N4O3/c1-6-10(13)11(16-15-6)14-12(18)8-5-7(19-2)3-4-9(8)17/h3-5,17H,13H2,1-2H3,(H2,14,15,16,18). The van der Waals surface area contributed by atoms with E-state index in [9.17, 15) is 9.90 Å². The molecule has 0 radical (unpaired) electrons. The zero-order valence-corrected chi connectivity index (χ0v) is 10.5. The number of anilines is 2. The molecule has 1 heterocycles. The monoisotopic (exact) mass is 262 g/mol. The molecule has 100 valence electrons. The molecule has 0 unspecified atom stereocenters. The molecule has 0 saturated carbocycles. The fraction of sp³-hybridized carbons (Fsp3) is 0.167. The van der Waals surface area contributed by atoms with Crippen LogP contribution >= 0.6 is 0 Å². The summed E-state index contributed by atoms with van der Waals surface area (Å²) < 4.78 is 5.00. The van der Waals surface area contributed by atoms with Crippen molar-refractivity contribution in [3.8, 4) is 11.5 Å². The first-order chi connectivity index (χ1) is 9.02. The van der Waals surface area contributed by atoms with Crippen LogP contribution in [0, 0.1) is 6.92 Å². The molecule has 1 aromatic heterocycles. The van der Waals surface area contributed by atoms with Crippen LogP contribution in [-0.2, 0) is 0 Å². The van der Waals surface area contributed by atoms with E-state index in [4.69, 9.17) is 10.5 Å². The van der Waals surface area contributed by atoms with Crippen molar-refractivity contribution in [2.24, 2.45) is 0 Å². The second-order valence-corrected chi connectivity index (χ2v) is 3.95. The second kappa shape index (κ2) is 4.89. The number of H-pyrrole nitrogens is 1. The summed E-state index contributed by atoms with van der Waals surface area (Å²) in [6.07, 6.45) is 0. The molecule has 0 aliphatic carbocycles. The van der Waals surface area contributed by atoms with Crippen LogP contribution in [0.15, 0.2) is 18.2 Å². The zero-order chi connectivity index (χ0) is 14.0. The molecule has 0 aliphatic heterocycles. The first-order valence-electron chi connectivity index (χ1n) is 5.51. The number of nitrogen functional groups attached to an aromatic ring is 1. The molecule has 19 heavy (non-hydrogen) atoms. The van der Waals surface area contributed by atoms with Crippen LogP contribution in [0.2, 0.25) is 0 Å². The number of methoxy groups -OCH3 is 1. The number of aromatic amines is 1. The fourth-order valence-electron chi connectivity index (χ4n) is 1.53. The number of benzene rings is 1. The summed E-state index contributed by atoms with van der Waals surface area (Å²) in [7, 11) is 1.48. The number of aromatic nitrogens is 2. The van der Waals surface area contributed by atoms with E-state index in [1.54, 1.807) is 13.0 Å². The summed E-state index contributed by atoms with van der Waals surface area (Å²) in [5.41, 5.74) is 6.82. The minimum atomic E-state index is -0.519. The van der Waals surface area contributed by atoms with Crippen LogP contribution in [0.5, 0.6) is 11.5 Å². The summed E-state index contributed by atoms with van der Waals surface area (Å²) in [6, 6.07) is 4.37. The number of carbonyl (C=O) groups excluding carboxylic acids is 1. The van der Waals surface area contributed by atoms with E-state index in [0.29, 0.717) is 17.1 Å². The lowest BCUT2D eigenvalue weighted by molar-refractivity contribution is 0.102. The van der Waals surface area contributed by atoms with Crippen LogP contribution < -0.4 is 15.8 Å². The Bertz CT molecular complexity index is 621. The van der Waals surface area contributed by atoms with Crippen LogP contribution in [0.3, 0.4) is 0 Å². The van der Waals surface area contributed by atoms with Gasteiger partial charge in [0.1, 0.15) is 11.5 Å². The molecule has 0 aliphatic rings. The van der Waals surface area contributed by atoms with Crippen molar-refractivity contribution in [3.05, 3.63) is 29.5 Å². The average molecular weight is 262 g/mol. The molecule has 0 spiro atoms. The predicted octanol–water partition coefficient (Wildman–Crippen LogP) is 1.27. The van der Waals surface area contributed by atoms with Gasteiger partial charge in [0.25, 0.3) is 5.91 Å². The Morgan fingerprint density at radius 3 is 2.84 bits per heavy atom. The molecule has 0 saturated heterocycles. The van der Waals surface area contributed by atoms with E-state index >= 15 is 0 Å². The topological polar surface area (TPSA) is 113 Å². The molecule has 0 atom stereocenters. The lowest BCUT2D eigenvalue weighted by Crippen LogP contribution is -2.13. The lowest BCUT2D eigenvalue weighted by atomic mass is 10.1. The van der Waals surface area contributed by atoms with Crippen molar-refractivity contribution in [1.82, 2.24) is 10.2 Å². The van der Waals surface area contributed by atoms with Crippen molar-refractivity contribution < 1.29 is 14.6 Å². The van der Waals surface area contributed by atoms with Gasteiger partial charge in [-0.15, -0.1) is 0 Å². The second-order valence-electron chi connectivity index (χ2n) is 3.95. The first-order valence-corrected chi connectivity index (χ1v) is 5.51. The quantitative estimate of drug-likeness (QED) is 0.665. The Labute approximate surface area is 109 Å². The third-order valence-electron chi connectivity index (χ3n) is 2.67. The molecule has 7 heteroatoms. The van der Waals surface area contributed by atoms with Crippen LogP contribution in [-0.4, -0.2) is 28.3 Å². The number of hydrogen-bond donors (Lipinski definition) is 4. The molecular weight excluding hydrogens is 248 g/mol. The summed E-state index contributed by atoms with van der Waals surface area (Å²) in [6.45, 7) is 1.74. The van der Waals surface area contributed by atoms with Crippen LogP contribution in [0.1, 0.15) is 16.1 Å². The minimum absolute atomic E-state index is 0.0828. The van der Waals surface area contributed by atoms with Gasteiger partial charge in [0, 0.05) is 0 Å². The molecule has 0 bridgehead atoms. The van der Waals surface area contributed by atoms with Crippen molar-refractivity contribution in [2.75, 3.05) is 18.2 Å². The highest BCUT2D eigenvalue weighted by molar-refractivity contribution is 6.07. The van der Waals surface area contributed by atoms with Gasteiger partial charge in [0.05, 0.1) is 24.1 Å². The van der Waals surface area contributed by atoms with Crippen molar-refractivity contribution >= 4 is 17.4 Å². The van der Waals surface area contributed by atoms with Crippen LogP contribution in [0.25, 0.3) is 0 Å². The highest BCUT2D eigenvalue weighted by Crippen LogP contribution is 2.25. The summed E-state index contributed by atoms with van der Waals surface area (Å²) in [5.74, 6) is 0.0255. The molecule has 2 rings (SSSR count). The van der Waals surface area contributed by atoms with E-state index in [-0.39, 0.29) is 17.1 Å². The normalized spacial score (nSPS) is 10.2. The number of nitrogens with one attached hydrogen (secondary N) is 2. The maximum atomic E-state index is 12.0. The Kier molecular flexibility index (Phi) is 3.28. The van der Waals surface area contributed by atoms with Crippen molar-refractivity contribution in [1.29, 1.82) is 0 Å². The van der Waals surface area contributed by atoms with Gasteiger partial charge >= 0.3 is 0 Å². The van der Waals surface area contributed by atoms with Gasteiger partial charge in [0.2, 0.25) is 0 Å². The Balaban J connectivity index is 2.27. The number of nitrogens with zero attached hydrogens (tertiary/aromatic N) is 1. The van der Waals surface area contributed by atoms with Gasteiger partial charge in [-0.3, -0.25) is 9.89 Å². The highest BCUT2D eigenvalue weighted by atomic mass is 16.5. The van der Waals surface area contributed by atoms with Gasteiger partial charge < -0.3 is 20.9 Å². The number of phenols is 1. The summed E-state index contributed by atoms with van der Waals surface area (Å²) in [4.78, 5) is 12.0. The number of aryl methyl sites for hydroxylation is 1. The maximum absolute atomic E-state index is 12.0. The molecule has 1 amide bonds. The number of nitrogens with two attached hydrogens (primary N) is 1.